The lowest BCUT2D eigenvalue weighted by Gasteiger charge is -2.10. The van der Waals surface area contributed by atoms with E-state index in [-0.39, 0.29) is 0 Å². The van der Waals surface area contributed by atoms with E-state index in [1.165, 1.54) is 0 Å². The number of benzene rings is 1. The third kappa shape index (κ3) is 2.52. The van der Waals surface area contributed by atoms with Gasteiger partial charge in [0.2, 0.25) is 5.78 Å². The van der Waals surface area contributed by atoms with Crippen LogP contribution >= 0.6 is 0 Å². The van der Waals surface area contributed by atoms with Crippen LogP contribution in [0.15, 0.2) is 23.8 Å². The summed E-state index contributed by atoms with van der Waals surface area (Å²) < 4.78 is 38.7. The number of hydrogen-bond acceptors (Lipinski definition) is 4. The van der Waals surface area contributed by atoms with Crippen LogP contribution in [0.3, 0.4) is 0 Å². The van der Waals surface area contributed by atoms with E-state index in [1.807, 2.05) is 5.32 Å². The van der Waals surface area contributed by atoms with Crippen LogP contribution in [0.5, 0.6) is 0 Å². The molecule has 0 spiro atoms. The molecule has 0 aromatic heterocycles. The number of ketones is 1. The van der Waals surface area contributed by atoms with Crippen molar-refractivity contribution >= 4 is 23.4 Å². The number of carbonyl (C=O) groups is 3. The number of aliphatic carboxylic acids is 1. The van der Waals surface area contributed by atoms with Crippen LogP contribution in [0.2, 0.25) is 0 Å². The number of carbonyl (C=O) groups excluding carboxylic acids is 2. The number of aliphatic hydroxyl groups is 1. The highest BCUT2D eigenvalue weighted by Crippen LogP contribution is 2.40. The number of rotatable bonds is 3. The van der Waals surface area contributed by atoms with Crippen LogP contribution < -0.4 is 5.32 Å². The number of alkyl halides is 3. The van der Waals surface area contributed by atoms with Crippen molar-refractivity contribution in [2.24, 2.45) is 0 Å². The molecule has 3 N–H and O–H groups in total. The highest BCUT2D eigenvalue weighted by atomic mass is 19.4. The molecule has 0 unspecified atom stereocenters. The van der Waals surface area contributed by atoms with Crippen molar-refractivity contribution in [1.82, 2.24) is 5.32 Å². The normalized spacial score (nSPS) is 14.0. The van der Waals surface area contributed by atoms with Gasteiger partial charge in [-0.15, -0.1) is 0 Å². The molecule has 1 aliphatic carbocycles. The molecule has 1 amide bonds. The molecule has 1 aromatic carbocycles. The maximum Gasteiger partial charge on any atom is 0.417 e. The molecular weight excluding hydrogens is 307 g/mol. The van der Waals surface area contributed by atoms with E-state index >= 15 is 0 Å². The number of carboxylic acids is 1. The van der Waals surface area contributed by atoms with Gasteiger partial charge in [0.15, 0.2) is 0 Å². The second kappa shape index (κ2) is 5.17. The Hall–Kier alpha value is -2.84. The molecule has 0 heterocycles. The fourth-order valence-corrected chi connectivity index (χ4v) is 2.05. The van der Waals surface area contributed by atoms with Crippen LogP contribution in [-0.2, 0) is 15.8 Å². The number of aliphatic hydroxyl groups excluding tert-OH is 1. The van der Waals surface area contributed by atoms with Crippen molar-refractivity contribution in [2.45, 2.75) is 6.18 Å². The Morgan fingerprint density at radius 3 is 2.41 bits per heavy atom. The molecule has 1 aromatic rings. The molecule has 9 heteroatoms. The van der Waals surface area contributed by atoms with Crippen LogP contribution in [0.4, 0.5) is 13.2 Å². The summed E-state index contributed by atoms with van der Waals surface area (Å²) in [6.45, 7) is -0.842. The Bertz CT molecular complexity index is 721. The molecule has 0 atom stereocenters. The van der Waals surface area contributed by atoms with E-state index in [9.17, 15) is 32.7 Å². The summed E-state index contributed by atoms with van der Waals surface area (Å²) >= 11 is 0. The largest absolute Gasteiger partial charge is 0.506 e. The summed E-state index contributed by atoms with van der Waals surface area (Å²) in [5.41, 5.74) is -3.43. The quantitative estimate of drug-likeness (QED) is 0.731. The number of nitrogens with one attached hydrogen (secondary N) is 1. The zero-order valence-electron chi connectivity index (χ0n) is 10.7. The molecule has 0 saturated heterocycles. The van der Waals surface area contributed by atoms with Crippen molar-refractivity contribution in [3.63, 3.8) is 0 Å². The molecule has 0 radical (unpaired) electrons. The Kier molecular flexibility index (Phi) is 3.65. The number of halogens is 3. The fourth-order valence-electron chi connectivity index (χ4n) is 2.05. The average molecular weight is 315 g/mol. The highest BCUT2D eigenvalue weighted by Gasteiger charge is 2.43. The third-order valence-corrected chi connectivity index (χ3v) is 2.94. The minimum absolute atomic E-state index is 0.416. The third-order valence-electron chi connectivity index (χ3n) is 2.94. The van der Waals surface area contributed by atoms with E-state index < -0.39 is 58.4 Å². The molecule has 116 valence electrons. The smallest absolute Gasteiger partial charge is 0.417 e. The molecule has 6 nitrogen and oxygen atoms in total. The minimum atomic E-state index is -4.84. The average Bonchev–Trinajstić information content (AvgIpc) is 2.67. The molecule has 0 saturated carbocycles. The van der Waals surface area contributed by atoms with Gasteiger partial charge in [0.1, 0.15) is 17.9 Å². The molecule has 0 aliphatic heterocycles. The summed E-state index contributed by atoms with van der Waals surface area (Å²) in [7, 11) is 0. The summed E-state index contributed by atoms with van der Waals surface area (Å²) in [4.78, 5) is 34.1. The lowest BCUT2D eigenvalue weighted by Crippen LogP contribution is -2.32. The van der Waals surface area contributed by atoms with Gasteiger partial charge in [-0.1, -0.05) is 12.1 Å². The second-order valence-electron chi connectivity index (χ2n) is 4.36. The van der Waals surface area contributed by atoms with Crippen molar-refractivity contribution < 1.29 is 37.8 Å². The number of Topliss-reactive ketones (excluding diaryl/α,β-unsaturated/α-hetero) is 1. The SMILES string of the molecule is O=C(O)CNC(=O)C1=C(O)c2cccc(C(F)(F)F)c2C1=O. The van der Waals surface area contributed by atoms with Crippen molar-refractivity contribution in [3.05, 3.63) is 40.5 Å². The van der Waals surface area contributed by atoms with E-state index in [0.29, 0.717) is 6.07 Å². The Morgan fingerprint density at radius 1 is 1.23 bits per heavy atom. The Balaban J connectivity index is 2.46. The van der Waals surface area contributed by atoms with Crippen LogP contribution in [0, 0.1) is 0 Å². The fraction of sp³-hybridized carbons (Fsp3) is 0.154. The summed E-state index contributed by atoms with van der Waals surface area (Å²) in [5, 5.41) is 20.1. The number of fused-ring (bicyclic) bond motifs is 1. The monoisotopic (exact) mass is 315 g/mol. The van der Waals surface area contributed by atoms with Gasteiger partial charge in [-0.3, -0.25) is 14.4 Å². The first-order valence-electron chi connectivity index (χ1n) is 5.83. The summed E-state index contributed by atoms with van der Waals surface area (Å²) in [6.07, 6.45) is -4.84. The molecule has 1 aliphatic rings. The Morgan fingerprint density at radius 2 is 1.86 bits per heavy atom. The van der Waals surface area contributed by atoms with Crippen molar-refractivity contribution in [2.75, 3.05) is 6.54 Å². The van der Waals surface area contributed by atoms with Gasteiger partial charge in [0.25, 0.3) is 5.91 Å². The van der Waals surface area contributed by atoms with Crippen molar-refractivity contribution in [1.29, 1.82) is 0 Å². The van der Waals surface area contributed by atoms with Gasteiger partial charge >= 0.3 is 12.1 Å². The maximum absolute atomic E-state index is 12.9. The molecule has 2 rings (SSSR count). The first-order valence-corrected chi connectivity index (χ1v) is 5.83. The standard InChI is InChI=1S/C13H8F3NO5/c14-13(15,16)6-3-1-2-5-8(6)11(21)9(10(5)20)12(22)17-4-7(18)19/h1-3,20H,4H2,(H,17,22)(H,18,19). The topological polar surface area (TPSA) is 104 Å². The lowest BCUT2D eigenvalue weighted by molar-refractivity contribution is -0.138. The van der Waals surface area contributed by atoms with E-state index in [2.05, 4.69) is 0 Å². The molecule has 22 heavy (non-hydrogen) atoms. The maximum atomic E-state index is 12.9. The predicted molar refractivity (Wildman–Crippen MR) is 66.0 cm³/mol. The highest BCUT2D eigenvalue weighted by molar-refractivity contribution is 6.34. The molecule has 0 bridgehead atoms. The van der Waals surface area contributed by atoms with Crippen LogP contribution in [0.25, 0.3) is 5.76 Å². The van der Waals surface area contributed by atoms with Crippen molar-refractivity contribution in [3.8, 4) is 0 Å². The van der Waals surface area contributed by atoms with Gasteiger partial charge in [0, 0.05) is 11.1 Å². The second-order valence-corrected chi connectivity index (χ2v) is 4.36. The van der Waals surface area contributed by atoms with Gasteiger partial charge in [-0.05, 0) is 6.07 Å². The van der Waals surface area contributed by atoms with Gasteiger partial charge < -0.3 is 15.5 Å². The number of hydrogen-bond donors (Lipinski definition) is 3. The zero-order chi connectivity index (χ0) is 16.7. The summed E-state index contributed by atoms with van der Waals surface area (Å²) in [5.74, 6) is -4.88. The van der Waals surface area contributed by atoms with Gasteiger partial charge in [-0.2, -0.15) is 13.2 Å². The predicted octanol–water partition coefficient (Wildman–Crippen LogP) is 1.37. The lowest BCUT2D eigenvalue weighted by atomic mass is 10.0. The van der Waals surface area contributed by atoms with Gasteiger partial charge in [-0.25, -0.2) is 0 Å². The van der Waals surface area contributed by atoms with E-state index in [1.54, 1.807) is 0 Å². The van der Waals surface area contributed by atoms with E-state index in [4.69, 9.17) is 5.11 Å². The van der Waals surface area contributed by atoms with Crippen LogP contribution in [0.1, 0.15) is 21.5 Å². The minimum Gasteiger partial charge on any atom is -0.506 e. The van der Waals surface area contributed by atoms with Crippen LogP contribution in [-0.4, -0.2) is 34.4 Å². The first-order chi connectivity index (χ1) is 10.1. The molecule has 0 fully saturated rings. The number of amides is 1. The zero-order valence-corrected chi connectivity index (χ0v) is 10.7. The number of carboxylic acid groups (broad SMARTS) is 1. The van der Waals surface area contributed by atoms with Gasteiger partial charge in [0.05, 0.1) is 5.56 Å². The first kappa shape index (κ1) is 15.5. The molecular formula is C13H8F3NO5. The summed E-state index contributed by atoms with van der Waals surface area (Å²) in [6, 6.07) is 2.71. The van der Waals surface area contributed by atoms with E-state index in [0.717, 1.165) is 12.1 Å². The Labute approximate surface area is 120 Å².